The van der Waals surface area contributed by atoms with Gasteiger partial charge in [-0.25, -0.2) is 0 Å². The second-order valence-electron chi connectivity index (χ2n) is 9.10. The van der Waals surface area contributed by atoms with E-state index >= 15 is 0 Å². The third-order valence-electron chi connectivity index (χ3n) is 7.25. The number of aliphatic hydroxyl groups excluding tert-OH is 1. The number of hydrogen-bond acceptors (Lipinski definition) is 4. The number of nitrogens with one attached hydrogen (secondary N) is 2. The third kappa shape index (κ3) is 5.43. The molecule has 0 radical (unpaired) electrons. The van der Waals surface area contributed by atoms with Crippen LogP contribution in [0, 0.1) is 35.0 Å². The fraction of sp³-hybridized carbons (Fsp3) is 0.773. The van der Waals surface area contributed by atoms with Gasteiger partial charge >= 0.3 is 0 Å². The van der Waals surface area contributed by atoms with E-state index in [2.05, 4.69) is 5.32 Å². The minimum atomic E-state index is -0.410. The lowest BCUT2D eigenvalue weighted by Crippen LogP contribution is -2.45. The van der Waals surface area contributed by atoms with Gasteiger partial charge in [-0.15, -0.1) is 0 Å². The Morgan fingerprint density at radius 1 is 0.964 bits per heavy atom. The van der Waals surface area contributed by atoms with Crippen LogP contribution in [-0.2, 0) is 9.59 Å². The molecule has 156 valence electrons. The van der Waals surface area contributed by atoms with Crippen LogP contribution in [0.3, 0.4) is 0 Å². The number of nitrogens with two attached hydrogens (primary N) is 1. The molecule has 0 heterocycles. The van der Waals surface area contributed by atoms with E-state index in [4.69, 9.17) is 16.2 Å². The topological polar surface area (TPSA) is 116 Å². The zero-order valence-corrected chi connectivity index (χ0v) is 16.7. The van der Waals surface area contributed by atoms with Gasteiger partial charge in [-0.05, 0) is 88.0 Å². The molecule has 3 fully saturated rings. The predicted octanol–water partition coefficient (Wildman–Crippen LogP) is 2.55. The fourth-order valence-electron chi connectivity index (χ4n) is 5.51. The molecule has 0 aromatic rings. The molecule has 5 N–H and O–H groups in total. The van der Waals surface area contributed by atoms with E-state index in [-0.39, 0.29) is 29.4 Å². The molecule has 0 aromatic carbocycles. The van der Waals surface area contributed by atoms with E-state index < -0.39 is 6.61 Å². The van der Waals surface area contributed by atoms with Crippen molar-refractivity contribution < 1.29 is 14.7 Å². The first kappa shape index (κ1) is 21.0. The smallest absolute Gasteiger partial charge is 0.223 e. The number of amides is 1. The van der Waals surface area contributed by atoms with Gasteiger partial charge in [0.05, 0.1) is 5.84 Å². The zero-order chi connectivity index (χ0) is 20.1. The van der Waals surface area contributed by atoms with Crippen molar-refractivity contribution in [2.24, 2.45) is 35.3 Å². The quantitative estimate of drug-likeness (QED) is 0.317. The van der Waals surface area contributed by atoms with Gasteiger partial charge in [0.15, 0.2) is 5.78 Å². The molecular formula is C22H35N3O3. The lowest BCUT2D eigenvalue weighted by Gasteiger charge is -2.42. The molecule has 4 atom stereocenters. The second kappa shape index (κ2) is 9.68. The summed E-state index contributed by atoms with van der Waals surface area (Å²) in [5, 5.41) is 19.7. The summed E-state index contributed by atoms with van der Waals surface area (Å²) >= 11 is 0. The number of carbonyl (C=O) groups is 2. The van der Waals surface area contributed by atoms with Crippen LogP contribution < -0.4 is 11.1 Å². The van der Waals surface area contributed by atoms with Crippen molar-refractivity contribution in [3.63, 3.8) is 0 Å². The number of ketones is 1. The summed E-state index contributed by atoms with van der Waals surface area (Å²) in [7, 11) is 0. The summed E-state index contributed by atoms with van der Waals surface area (Å²) in [4.78, 5) is 23.9. The molecule has 0 saturated heterocycles. The highest BCUT2D eigenvalue weighted by Crippen LogP contribution is 2.43. The van der Waals surface area contributed by atoms with Gasteiger partial charge in [0.25, 0.3) is 0 Å². The summed E-state index contributed by atoms with van der Waals surface area (Å²) in [5.41, 5.74) is 5.60. The van der Waals surface area contributed by atoms with Gasteiger partial charge in [0.1, 0.15) is 6.61 Å². The highest BCUT2D eigenvalue weighted by atomic mass is 16.3. The molecule has 0 aromatic heterocycles. The Morgan fingerprint density at radius 3 is 2.29 bits per heavy atom. The van der Waals surface area contributed by atoms with Crippen LogP contribution in [-0.4, -0.2) is 35.3 Å². The van der Waals surface area contributed by atoms with E-state index in [1.54, 1.807) is 0 Å². The van der Waals surface area contributed by atoms with Gasteiger partial charge in [-0.3, -0.25) is 15.0 Å². The SMILES string of the molecule is N=C(N)C1CCC(C(=O)NC2CCC3CC(/C=C/C(=O)CO)CCC3C2)CC1. The largest absolute Gasteiger partial charge is 0.388 e. The van der Waals surface area contributed by atoms with Gasteiger partial charge in [-0.1, -0.05) is 6.08 Å². The number of aliphatic hydroxyl groups is 1. The highest BCUT2D eigenvalue weighted by Gasteiger charge is 2.36. The normalized spacial score (nSPS) is 35.9. The van der Waals surface area contributed by atoms with Crippen LogP contribution >= 0.6 is 0 Å². The van der Waals surface area contributed by atoms with Crippen molar-refractivity contribution in [2.75, 3.05) is 6.61 Å². The van der Waals surface area contributed by atoms with Crippen LogP contribution in [0.2, 0.25) is 0 Å². The van der Waals surface area contributed by atoms with Crippen LogP contribution in [0.25, 0.3) is 0 Å². The Morgan fingerprint density at radius 2 is 1.61 bits per heavy atom. The molecule has 1 amide bonds. The number of rotatable bonds is 6. The minimum Gasteiger partial charge on any atom is -0.388 e. The summed E-state index contributed by atoms with van der Waals surface area (Å²) in [6.45, 7) is -0.410. The molecule has 6 heteroatoms. The first-order valence-electron chi connectivity index (χ1n) is 10.9. The van der Waals surface area contributed by atoms with Gasteiger partial charge in [0, 0.05) is 17.9 Å². The van der Waals surface area contributed by atoms with Crippen molar-refractivity contribution in [3.05, 3.63) is 12.2 Å². The van der Waals surface area contributed by atoms with Gasteiger partial charge in [-0.2, -0.15) is 0 Å². The maximum absolute atomic E-state index is 12.7. The first-order valence-corrected chi connectivity index (χ1v) is 10.9. The number of carbonyl (C=O) groups excluding carboxylic acids is 2. The summed E-state index contributed by atoms with van der Waals surface area (Å²) in [5.74, 6) is 2.30. The molecular weight excluding hydrogens is 354 g/mol. The Bertz CT molecular complexity index is 610. The van der Waals surface area contributed by atoms with Gasteiger partial charge in [0.2, 0.25) is 5.91 Å². The maximum Gasteiger partial charge on any atom is 0.223 e. The molecule has 0 bridgehead atoms. The summed E-state index contributed by atoms with van der Waals surface area (Å²) in [6.07, 6.45) is 13.6. The molecule has 3 rings (SSSR count). The average molecular weight is 390 g/mol. The third-order valence-corrected chi connectivity index (χ3v) is 7.25. The zero-order valence-electron chi connectivity index (χ0n) is 16.7. The lowest BCUT2D eigenvalue weighted by molar-refractivity contribution is -0.127. The molecule has 3 aliphatic rings. The standard InChI is InChI=1S/C22H35N3O3/c23-21(24)15-4-6-16(7-5-15)22(28)25-19-9-8-17-11-14(1-3-18(17)12-19)2-10-20(27)13-26/h2,10,14-19,26H,1,3-9,11-13H2,(H3,23,24)(H,25,28)/b10-2+. The van der Waals surface area contributed by atoms with Crippen LogP contribution in [0.15, 0.2) is 12.2 Å². The number of amidine groups is 1. The molecule has 3 aliphatic carbocycles. The average Bonchev–Trinajstić information content (AvgIpc) is 2.71. The van der Waals surface area contributed by atoms with Crippen molar-refractivity contribution in [3.8, 4) is 0 Å². The van der Waals surface area contributed by atoms with E-state index in [0.717, 1.165) is 64.2 Å². The molecule has 0 spiro atoms. The van der Waals surface area contributed by atoms with E-state index in [9.17, 15) is 9.59 Å². The Balaban J connectivity index is 1.42. The molecule has 28 heavy (non-hydrogen) atoms. The van der Waals surface area contributed by atoms with E-state index in [1.807, 2.05) is 6.08 Å². The van der Waals surface area contributed by atoms with Gasteiger partial charge < -0.3 is 16.2 Å². The first-order chi connectivity index (χ1) is 13.5. The fourth-order valence-corrected chi connectivity index (χ4v) is 5.51. The molecule has 3 saturated carbocycles. The second-order valence-corrected chi connectivity index (χ2v) is 9.10. The van der Waals surface area contributed by atoms with Crippen LogP contribution in [0.4, 0.5) is 0 Å². The number of hydrogen-bond donors (Lipinski definition) is 4. The summed E-state index contributed by atoms with van der Waals surface area (Å²) < 4.78 is 0. The highest BCUT2D eigenvalue weighted by molar-refractivity contribution is 5.90. The Kier molecular flexibility index (Phi) is 7.27. The summed E-state index contributed by atoms with van der Waals surface area (Å²) in [6, 6.07) is 0.294. The Hall–Kier alpha value is -1.69. The van der Waals surface area contributed by atoms with Crippen molar-refractivity contribution in [2.45, 2.75) is 70.3 Å². The molecule has 4 unspecified atom stereocenters. The van der Waals surface area contributed by atoms with E-state index in [1.165, 1.54) is 6.08 Å². The minimum absolute atomic E-state index is 0.0817. The van der Waals surface area contributed by atoms with Crippen molar-refractivity contribution in [1.82, 2.24) is 5.32 Å². The number of allylic oxidation sites excluding steroid dienone is 1. The predicted molar refractivity (Wildman–Crippen MR) is 109 cm³/mol. The monoisotopic (exact) mass is 389 g/mol. The molecule has 0 aliphatic heterocycles. The van der Waals surface area contributed by atoms with Crippen LogP contribution in [0.5, 0.6) is 0 Å². The van der Waals surface area contributed by atoms with Crippen LogP contribution in [0.1, 0.15) is 64.2 Å². The molecule has 6 nitrogen and oxygen atoms in total. The maximum atomic E-state index is 12.7. The lowest BCUT2D eigenvalue weighted by atomic mass is 9.66. The van der Waals surface area contributed by atoms with Crippen molar-refractivity contribution >= 4 is 17.5 Å². The van der Waals surface area contributed by atoms with E-state index in [0.29, 0.717) is 23.8 Å². The Labute approximate surface area is 167 Å². The number of fused-ring (bicyclic) bond motifs is 1. The van der Waals surface area contributed by atoms with Crippen molar-refractivity contribution in [1.29, 1.82) is 5.41 Å².